The Hall–Kier alpha value is -2.84. The Morgan fingerprint density at radius 3 is 2.58 bits per heavy atom. The number of aliphatic hydroxyl groups is 1. The van der Waals surface area contributed by atoms with Gasteiger partial charge in [0, 0.05) is 30.7 Å². The molecule has 3 aromatic rings. The van der Waals surface area contributed by atoms with Crippen LogP contribution in [0.3, 0.4) is 0 Å². The molecule has 0 radical (unpaired) electrons. The van der Waals surface area contributed by atoms with Crippen LogP contribution in [-0.4, -0.2) is 51.9 Å². The number of hydrogen-bond acceptors (Lipinski definition) is 7. The number of methoxy groups -OCH3 is 2. The zero-order valence-corrected chi connectivity index (χ0v) is 18.6. The zero-order chi connectivity index (χ0) is 22.2. The van der Waals surface area contributed by atoms with E-state index in [4.69, 9.17) is 9.47 Å². The van der Waals surface area contributed by atoms with Gasteiger partial charge in [0.05, 0.1) is 36.4 Å². The molecule has 1 atom stereocenters. The van der Waals surface area contributed by atoms with Crippen molar-refractivity contribution >= 4 is 26.4 Å². The first-order valence-corrected chi connectivity index (χ1v) is 11.6. The van der Waals surface area contributed by atoms with Crippen LogP contribution in [0.25, 0.3) is 10.9 Å². The summed E-state index contributed by atoms with van der Waals surface area (Å²) in [5.41, 5.74) is 2.31. The van der Waals surface area contributed by atoms with Crippen LogP contribution in [0.15, 0.2) is 52.4 Å². The number of anilines is 1. The summed E-state index contributed by atoms with van der Waals surface area (Å²) in [5.74, 6) is 0.788. The Morgan fingerprint density at radius 1 is 1.10 bits per heavy atom. The third kappa shape index (κ3) is 3.93. The molecule has 1 saturated heterocycles. The van der Waals surface area contributed by atoms with E-state index in [2.05, 4.69) is 4.98 Å². The molecule has 8 heteroatoms. The topological polar surface area (TPSA) is 89.0 Å². The maximum Gasteiger partial charge on any atom is 0.210 e. The molecular formula is C23H26N2O5S. The number of benzene rings is 2. The predicted octanol–water partition coefficient (Wildman–Crippen LogP) is 3.35. The van der Waals surface area contributed by atoms with Crippen molar-refractivity contribution in [2.75, 3.05) is 32.2 Å². The van der Waals surface area contributed by atoms with Gasteiger partial charge in [-0.15, -0.1) is 0 Å². The normalized spacial score (nSPS) is 17.0. The second-order valence-electron chi connectivity index (χ2n) is 7.75. The minimum atomic E-state index is -3.92. The fraction of sp³-hybridized carbons (Fsp3) is 0.348. The molecule has 0 amide bonds. The van der Waals surface area contributed by atoms with E-state index in [1.807, 2.05) is 30.0 Å². The van der Waals surface area contributed by atoms with Crippen molar-refractivity contribution in [1.82, 2.24) is 4.98 Å². The van der Waals surface area contributed by atoms with E-state index in [1.165, 1.54) is 32.5 Å². The number of sulfone groups is 1. The van der Waals surface area contributed by atoms with Crippen LogP contribution < -0.4 is 14.4 Å². The minimum absolute atomic E-state index is 0.0951. The van der Waals surface area contributed by atoms with Gasteiger partial charge in [-0.25, -0.2) is 8.42 Å². The second-order valence-corrected chi connectivity index (χ2v) is 9.67. The van der Waals surface area contributed by atoms with Crippen molar-refractivity contribution in [3.63, 3.8) is 0 Å². The number of piperidine rings is 1. The summed E-state index contributed by atoms with van der Waals surface area (Å²) in [6.45, 7) is 3.00. The Balaban J connectivity index is 1.95. The fourth-order valence-electron chi connectivity index (χ4n) is 4.07. The third-order valence-electron chi connectivity index (χ3n) is 5.63. The summed E-state index contributed by atoms with van der Waals surface area (Å²) >= 11 is 0. The Kier molecular flexibility index (Phi) is 5.77. The average molecular weight is 443 g/mol. The average Bonchev–Trinajstić information content (AvgIpc) is 2.77. The van der Waals surface area contributed by atoms with Gasteiger partial charge in [-0.3, -0.25) is 4.98 Å². The van der Waals surface area contributed by atoms with Crippen molar-refractivity contribution in [2.45, 2.75) is 35.7 Å². The number of aromatic nitrogens is 1. The molecule has 1 N–H and O–H groups in total. The molecule has 4 rings (SSSR count). The third-order valence-corrected chi connectivity index (χ3v) is 7.38. The number of hydrogen-bond donors (Lipinski definition) is 1. The summed E-state index contributed by atoms with van der Waals surface area (Å²) in [5, 5.41) is 11.0. The molecule has 0 bridgehead atoms. The maximum absolute atomic E-state index is 13.7. The molecular weight excluding hydrogens is 416 g/mol. The minimum Gasteiger partial charge on any atom is -0.493 e. The predicted molar refractivity (Wildman–Crippen MR) is 119 cm³/mol. The fourth-order valence-corrected chi connectivity index (χ4v) is 5.51. The van der Waals surface area contributed by atoms with Crippen molar-refractivity contribution in [2.24, 2.45) is 0 Å². The molecule has 1 unspecified atom stereocenters. The van der Waals surface area contributed by atoms with Gasteiger partial charge in [-0.1, -0.05) is 11.6 Å². The van der Waals surface area contributed by atoms with Crippen molar-refractivity contribution in [3.05, 3.63) is 48.2 Å². The summed E-state index contributed by atoms with van der Waals surface area (Å²) < 4.78 is 38.0. The molecule has 1 aliphatic heterocycles. The van der Waals surface area contributed by atoms with E-state index >= 15 is 0 Å². The number of rotatable bonds is 5. The number of ether oxygens (including phenoxy) is 2. The van der Waals surface area contributed by atoms with E-state index in [1.54, 1.807) is 6.07 Å². The van der Waals surface area contributed by atoms with Crippen LogP contribution in [0.1, 0.15) is 18.4 Å². The number of pyridine rings is 1. The van der Waals surface area contributed by atoms with E-state index in [0.29, 0.717) is 42.2 Å². The molecule has 164 valence electrons. The van der Waals surface area contributed by atoms with Gasteiger partial charge in [0.2, 0.25) is 9.84 Å². The summed E-state index contributed by atoms with van der Waals surface area (Å²) in [7, 11) is -0.951. The highest BCUT2D eigenvalue weighted by Crippen LogP contribution is 2.39. The molecule has 2 aromatic carbocycles. The highest BCUT2D eigenvalue weighted by Gasteiger charge is 2.30. The maximum atomic E-state index is 13.7. The number of nitrogens with zero attached hydrogens (tertiary/aromatic N) is 2. The Labute approximate surface area is 182 Å². The van der Waals surface area contributed by atoms with Gasteiger partial charge < -0.3 is 19.5 Å². The largest absolute Gasteiger partial charge is 0.493 e. The summed E-state index contributed by atoms with van der Waals surface area (Å²) in [4.78, 5) is 6.62. The lowest BCUT2D eigenvalue weighted by Gasteiger charge is -2.34. The van der Waals surface area contributed by atoms with Crippen molar-refractivity contribution in [1.29, 1.82) is 0 Å². The van der Waals surface area contributed by atoms with Gasteiger partial charge in [-0.05, 0) is 44.0 Å². The molecule has 7 nitrogen and oxygen atoms in total. The van der Waals surface area contributed by atoms with E-state index in [9.17, 15) is 13.5 Å². The first-order chi connectivity index (χ1) is 14.8. The van der Waals surface area contributed by atoms with Gasteiger partial charge in [0.1, 0.15) is 4.90 Å². The van der Waals surface area contributed by atoms with Gasteiger partial charge in [0.15, 0.2) is 11.5 Å². The molecule has 1 aromatic heterocycles. The Morgan fingerprint density at radius 2 is 1.87 bits per heavy atom. The first-order valence-electron chi connectivity index (χ1n) is 10.1. The summed E-state index contributed by atoms with van der Waals surface area (Å²) in [6, 6.07) is 10.3. The van der Waals surface area contributed by atoms with Crippen LogP contribution in [0.5, 0.6) is 11.5 Å². The zero-order valence-electron chi connectivity index (χ0n) is 17.8. The van der Waals surface area contributed by atoms with Crippen LogP contribution in [-0.2, 0) is 9.84 Å². The van der Waals surface area contributed by atoms with Gasteiger partial charge >= 0.3 is 0 Å². The molecule has 0 aliphatic carbocycles. The Bertz CT molecular complexity index is 1230. The van der Waals surface area contributed by atoms with Crippen molar-refractivity contribution in [3.8, 4) is 11.5 Å². The van der Waals surface area contributed by atoms with Crippen LogP contribution in [0.2, 0.25) is 0 Å². The SMILES string of the molecule is COc1ccc(S(=O)(=O)c2cnc3ccc(C)cc3c2N2CCCC(O)C2)cc1OC. The first kappa shape index (κ1) is 21.4. The lowest BCUT2D eigenvalue weighted by atomic mass is 10.0. The number of aryl methyl sites for hydroxylation is 1. The van der Waals surface area contributed by atoms with Gasteiger partial charge in [0.25, 0.3) is 0 Å². The van der Waals surface area contributed by atoms with E-state index in [0.717, 1.165) is 17.4 Å². The van der Waals surface area contributed by atoms with Crippen LogP contribution in [0, 0.1) is 6.92 Å². The highest BCUT2D eigenvalue weighted by atomic mass is 32.2. The molecule has 1 aliphatic rings. The molecule has 31 heavy (non-hydrogen) atoms. The molecule has 1 fully saturated rings. The highest BCUT2D eigenvalue weighted by molar-refractivity contribution is 7.91. The second kappa shape index (κ2) is 8.36. The molecule has 0 spiro atoms. The lowest BCUT2D eigenvalue weighted by molar-refractivity contribution is 0.154. The number of aliphatic hydroxyl groups excluding tert-OH is 1. The van der Waals surface area contributed by atoms with Crippen LogP contribution in [0.4, 0.5) is 5.69 Å². The number of fused-ring (bicyclic) bond motifs is 1. The van der Waals surface area contributed by atoms with E-state index < -0.39 is 15.9 Å². The quantitative estimate of drug-likeness (QED) is 0.648. The number of β-amino-alcohol motifs (C(OH)–C–C–N with tert-alkyl or cyclic N) is 1. The smallest absolute Gasteiger partial charge is 0.210 e. The summed E-state index contributed by atoms with van der Waals surface area (Å²) in [6.07, 6.45) is 2.40. The van der Waals surface area contributed by atoms with E-state index in [-0.39, 0.29) is 9.79 Å². The van der Waals surface area contributed by atoms with Crippen molar-refractivity contribution < 1.29 is 23.0 Å². The molecule has 2 heterocycles. The molecule has 0 saturated carbocycles. The van der Waals surface area contributed by atoms with Gasteiger partial charge in [-0.2, -0.15) is 0 Å². The lowest BCUT2D eigenvalue weighted by Crippen LogP contribution is -2.39. The van der Waals surface area contributed by atoms with Crippen LogP contribution >= 0.6 is 0 Å². The standard InChI is InChI=1S/C23H26N2O5S/c1-15-6-8-19-18(11-15)23(25-10-4-5-16(26)14-25)22(13-24-19)31(27,28)17-7-9-20(29-2)21(12-17)30-3/h6-9,11-13,16,26H,4-5,10,14H2,1-3H3. The monoisotopic (exact) mass is 442 g/mol.